The third kappa shape index (κ3) is 3.85. The van der Waals surface area contributed by atoms with Crippen molar-refractivity contribution in [3.8, 4) is 0 Å². The van der Waals surface area contributed by atoms with Crippen LogP contribution in [0.15, 0.2) is 65.1 Å². The van der Waals surface area contributed by atoms with Gasteiger partial charge in [-0.25, -0.2) is 4.79 Å². The van der Waals surface area contributed by atoms with Crippen LogP contribution in [-0.4, -0.2) is 30.0 Å². The maximum absolute atomic E-state index is 13.0. The second-order valence-electron chi connectivity index (χ2n) is 6.79. The first-order chi connectivity index (χ1) is 14.9. The number of nitrogen functional groups attached to an aromatic ring is 1. The predicted molar refractivity (Wildman–Crippen MR) is 117 cm³/mol. The Bertz CT molecular complexity index is 1270. The summed E-state index contributed by atoms with van der Waals surface area (Å²) in [7, 11) is 0. The highest BCUT2D eigenvalue weighted by Crippen LogP contribution is 2.31. The van der Waals surface area contributed by atoms with Crippen molar-refractivity contribution in [3.05, 3.63) is 93.0 Å². The molecular weight excluding hydrogens is 464 g/mol. The predicted octanol–water partition coefficient (Wildman–Crippen LogP) is 3.60. The third-order valence-electron chi connectivity index (χ3n) is 4.80. The monoisotopic (exact) mass is 478 g/mol. The molecule has 1 amide bonds. The van der Waals surface area contributed by atoms with Crippen LogP contribution in [0.5, 0.6) is 0 Å². The normalized spacial score (nSPS) is 12.0. The van der Waals surface area contributed by atoms with Crippen LogP contribution in [0.3, 0.4) is 0 Å². The van der Waals surface area contributed by atoms with Gasteiger partial charge in [0.25, 0.3) is 5.91 Å². The Kier molecular flexibility index (Phi) is 5.39. The number of fused-ring (bicyclic) bond motifs is 2. The summed E-state index contributed by atoms with van der Waals surface area (Å²) in [6.07, 6.45) is 0. The van der Waals surface area contributed by atoms with Gasteiger partial charge < -0.3 is 15.8 Å². The van der Waals surface area contributed by atoms with Crippen LogP contribution >= 0.6 is 15.9 Å². The summed E-state index contributed by atoms with van der Waals surface area (Å²) in [5.74, 6) is -2.07. The summed E-state index contributed by atoms with van der Waals surface area (Å²) in [5, 5.41) is 2.55. The highest BCUT2D eigenvalue weighted by molar-refractivity contribution is 9.10. The van der Waals surface area contributed by atoms with E-state index in [1.807, 2.05) is 0 Å². The van der Waals surface area contributed by atoms with Crippen molar-refractivity contribution in [2.24, 2.45) is 0 Å². The van der Waals surface area contributed by atoms with E-state index in [4.69, 9.17) is 10.5 Å². The molecule has 3 N–H and O–H groups in total. The van der Waals surface area contributed by atoms with Gasteiger partial charge in [-0.1, -0.05) is 52.3 Å². The summed E-state index contributed by atoms with van der Waals surface area (Å²) < 4.78 is 5.68. The first-order valence-electron chi connectivity index (χ1n) is 9.20. The fourth-order valence-corrected chi connectivity index (χ4v) is 3.71. The Balaban J connectivity index is 1.52. The molecule has 3 aromatic carbocycles. The van der Waals surface area contributed by atoms with E-state index in [1.165, 1.54) is 24.3 Å². The molecule has 0 radical (unpaired) electrons. The van der Waals surface area contributed by atoms with Gasteiger partial charge in [0.1, 0.15) is 0 Å². The summed E-state index contributed by atoms with van der Waals surface area (Å²) in [4.78, 5) is 50.4. The molecule has 3 aromatic rings. The van der Waals surface area contributed by atoms with E-state index < -0.39 is 18.5 Å². The first-order valence-corrected chi connectivity index (χ1v) is 9.99. The highest BCUT2D eigenvalue weighted by Gasteiger charge is 2.31. The molecule has 7 nitrogen and oxygen atoms in total. The van der Waals surface area contributed by atoms with Crippen molar-refractivity contribution < 1.29 is 23.9 Å². The number of anilines is 2. The van der Waals surface area contributed by atoms with E-state index in [1.54, 1.807) is 36.4 Å². The molecule has 0 unspecified atom stereocenters. The number of hydrogen-bond acceptors (Lipinski definition) is 6. The van der Waals surface area contributed by atoms with Gasteiger partial charge in [-0.15, -0.1) is 0 Å². The Morgan fingerprint density at radius 2 is 1.58 bits per heavy atom. The molecule has 1 aliphatic carbocycles. The van der Waals surface area contributed by atoms with E-state index in [0.29, 0.717) is 10.0 Å². The Morgan fingerprint density at radius 1 is 0.903 bits per heavy atom. The number of ketones is 2. The number of ether oxygens (including phenoxy) is 1. The molecule has 154 valence electrons. The van der Waals surface area contributed by atoms with Crippen LogP contribution in [0.25, 0.3) is 0 Å². The molecule has 0 heterocycles. The Labute approximate surface area is 185 Å². The largest absolute Gasteiger partial charge is 0.452 e. The lowest BCUT2D eigenvalue weighted by Gasteiger charge is -2.20. The molecule has 4 rings (SSSR count). The first kappa shape index (κ1) is 20.5. The number of hydrogen-bond donors (Lipinski definition) is 2. The minimum absolute atomic E-state index is 0.113. The summed E-state index contributed by atoms with van der Waals surface area (Å²) in [5.41, 5.74) is 7.21. The number of nitrogens with one attached hydrogen (secondary N) is 1. The second-order valence-corrected chi connectivity index (χ2v) is 7.70. The average molecular weight is 479 g/mol. The molecule has 31 heavy (non-hydrogen) atoms. The van der Waals surface area contributed by atoms with Crippen molar-refractivity contribution in [1.29, 1.82) is 0 Å². The molecule has 0 aromatic heterocycles. The van der Waals surface area contributed by atoms with E-state index in [-0.39, 0.29) is 45.2 Å². The Morgan fingerprint density at radius 3 is 2.32 bits per heavy atom. The van der Waals surface area contributed by atoms with Crippen molar-refractivity contribution in [3.63, 3.8) is 0 Å². The SMILES string of the molecule is Nc1ccc(Br)cc1C(=O)OCC(=O)Nc1cccc2c1C(=O)c1ccccc1C2=O. The molecule has 0 saturated heterocycles. The standard InChI is InChI=1S/C23H15BrN2O5/c24-12-8-9-17(25)16(10-12)23(30)31-11-19(27)26-18-7-3-6-15-20(18)22(29)14-5-2-1-4-13(14)21(15)28/h1-10H,11,25H2,(H,26,27). The molecule has 8 heteroatoms. The molecule has 0 bridgehead atoms. The zero-order valence-electron chi connectivity index (χ0n) is 16.0. The summed E-state index contributed by atoms with van der Waals surface area (Å²) >= 11 is 3.24. The molecule has 0 atom stereocenters. The number of halogens is 1. The highest BCUT2D eigenvalue weighted by atomic mass is 79.9. The summed E-state index contributed by atoms with van der Waals surface area (Å²) in [6, 6.07) is 15.9. The van der Waals surface area contributed by atoms with Crippen molar-refractivity contribution in [1.82, 2.24) is 0 Å². The number of carbonyl (C=O) groups is 4. The van der Waals surface area contributed by atoms with Gasteiger partial charge in [0.15, 0.2) is 18.2 Å². The maximum atomic E-state index is 13.0. The van der Waals surface area contributed by atoms with Gasteiger partial charge in [-0.05, 0) is 24.3 Å². The van der Waals surface area contributed by atoms with E-state index in [2.05, 4.69) is 21.2 Å². The van der Waals surface area contributed by atoms with Gasteiger partial charge in [0.2, 0.25) is 0 Å². The van der Waals surface area contributed by atoms with Gasteiger partial charge >= 0.3 is 5.97 Å². The molecule has 0 aliphatic heterocycles. The second kappa shape index (κ2) is 8.16. The minimum Gasteiger partial charge on any atom is -0.452 e. The zero-order valence-corrected chi connectivity index (χ0v) is 17.6. The smallest absolute Gasteiger partial charge is 0.340 e. The van der Waals surface area contributed by atoms with Crippen LogP contribution in [0.4, 0.5) is 11.4 Å². The number of esters is 1. The van der Waals surface area contributed by atoms with Crippen LogP contribution < -0.4 is 11.1 Å². The zero-order chi connectivity index (χ0) is 22.1. The fraction of sp³-hybridized carbons (Fsp3) is 0.0435. The van der Waals surface area contributed by atoms with Gasteiger partial charge in [0.05, 0.1) is 16.8 Å². The number of carbonyl (C=O) groups excluding carboxylic acids is 4. The van der Waals surface area contributed by atoms with Crippen LogP contribution in [0.2, 0.25) is 0 Å². The van der Waals surface area contributed by atoms with Crippen molar-refractivity contribution in [2.75, 3.05) is 17.7 Å². The summed E-state index contributed by atoms with van der Waals surface area (Å²) in [6.45, 7) is -0.590. The van der Waals surface area contributed by atoms with Crippen LogP contribution in [0.1, 0.15) is 42.2 Å². The molecule has 0 saturated carbocycles. The minimum atomic E-state index is -0.760. The lowest BCUT2D eigenvalue weighted by atomic mass is 9.83. The Hall–Kier alpha value is -3.78. The van der Waals surface area contributed by atoms with E-state index >= 15 is 0 Å². The number of amides is 1. The fourth-order valence-electron chi connectivity index (χ4n) is 3.35. The third-order valence-corrected chi connectivity index (χ3v) is 5.29. The van der Waals surface area contributed by atoms with Gasteiger partial charge in [-0.3, -0.25) is 14.4 Å². The molecule has 0 fully saturated rings. The number of benzene rings is 3. The maximum Gasteiger partial charge on any atom is 0.340 e. The lowest BCUT2D eigenvalue weighted by Crippen LogP contribution is -2.26. The van der Waals surface area contributed by atoms with E-state index in [0.717, 1.165) is 0 Å². The van der Waals surface area contributed by atoms with Crippen LogP contribution in [-0.2, 0) is 9.53 Å². The number of rotatable bonds is 4. The molecule has 0 spiro atoms. The number of nitrogens with two attached hydrogens (primary N) is 1. The lowest BCUT2D eigenvalue weighted by molar-refractivity contribution is -0.119. The molecule has 1 aliphatic rings. The topological polar surface area (TPSA) is 116 Å². The van der Waals surface area contributed by atoms with Gasteiger partial charge in [-0.2, -0.15) is 0 Å². The quantitative estimate of drug-likeness (QED) is 0.342. The average Bonchev–Trinajstić information content (AvgIpc) is 2.77. The van der Waals surface area contributed by atoms with Crippen molar-refractivity contribution in [2.45, 2.75) is 0 Å². The van der Waals surface area contributed by atoms with E-state index in [9.17, 15) is 19.2 Å². The van der Waals surface area contributed by atoms with Gasteiger partial charge in [0, 0.05) is 26.9 Å². The molecular formula is C23H15BrN2O5. The van der Waals surface area contributed by atoms with Crippen LogP contribution in [0, 0.1) is 0 Å². The van der Waals surface area contributed by atoms with Crippen molar-refractivity contribution >= 4 is 50.7 Å².